The lowest BCUT2D eigenvalue weighted by Gasteiger charge is -1.92. The number of carbonyl (C=O) groups excluding carboxylic acids is 1. The van der Waals surface area contributed by atoms with Crippen molar-refractivity contribution < 1.29 is 9.18 Å². The van der Waals surface area contributed by atoms with Crippen LogP contribution < -0.4 is 0 Å². The standard InChI is InChI=1S/C9H4ClFOS/c10-8-1-5(11)2-9-7(8)3-6(4-12)13-9/h1-4H. The quantitative estimate of drug-likeness (QED) is 0.664. The average Bonchev–Trinajstić information content (AvgIpc) is 2.47. The Morgan fingerprint density at radius 1 is 1.38 bits per heavy atom. The van der Waals surface area contributed by atoms with Crippen LogP contribution in [0.5, 0.6) is 0 Å². The highest BCUT2D eigenvalue weighted by Gasteiger charge is 2.06. The number of hydrogen-bond donors (Lipinski definition) is 0. The minimum Gasteiger partial charge on any atom is -0.297 e. The van der Waals surface area contributed by atoms with Gasteiger partial charge in [-0.1, -0.05) is 11.6 Å². The number of aldehydes is 1. The van der Waals surface area contributed by atoms with E-state index < -0.39 is 0 Å². The lowest BCUT2D eigenvalue weighted by Crippen LogP contribution is -1.72. The third-order valence-corrected chi connectivity index (χ3v) is 3.01. The second-order valence-corrected chi connectivity index (χ2v) is 4.09. The molecule has 2 aromatic rings. The van der Waals surface area contributed by atoms with Crippen LogP contribution in [-0.2, 0) is 0 Å². The number of fused-ring (bicyclic) bond motifs is 1. The second kappa shape index (κ2) is 3.09. The monoisotopic (exact) mass is 214 g/mol. The molecule has 0 radical (unpaired) electrons. The van der Waals surface area contributed by atoms with Gasteiger partial charge in [0, 0.05) is 10.1 Å². The molecule has 0 aliphatic carbocycles. The van der Waals surface area contributed by atoms with E-state index in [1.165, 1.54) is 23.5 Å². The molecule has 0 N–H and O–H groups in total. The highest BCUT2D eigenvalue weighted by Crippen LogP contribution is 2.31. The molecule has 0 unspecified atom stereocenters. The van der Waals surface area contributed by atoms with E-state index in [4.69, 9.17) is 11.6 Å². The van der Waals surface area contributed by atoms with Gasteiger partial charge in [0.2, 0.25) is 0 Å². The van der Waals surface area contributed by atoms with Gasteiger partial charge in [0.15, 0.2) is 6.29 Å². The molecule has 1 aromatic heterocycles. The van der Waals surface area contributed by atoms with E-state index in [-0.39, 0.29) is 5.82 Å². The highest BCUT2D eigenvalue weighted by molar-refractivity contribution is 7.20. The summed E-state index contributed by atoms with van der Waals surface area (Å²) in [7, 11) is 0. The van der Waals surface area contributed by atoms with Crippen molar-refractivity contribution in [1.29, 1.82) is 0 Å². The van der Waals surface area contributed by atoms with Gasteiger partial charge in [-0.3, -0.25) is 4.79 Å². The molecule has 0 aliphatic rings. The van der Waals surface area contributed by atoms with E-state index >= 15 is 0 Å². The van der Waals surface area contributed by atoms with Crippen LogP contribution in [0.2, 0.25) is 5.02 Å². The Kier molecular flexibility index (Phi) is 2.06. The summed E-state index contributed by atoms with van der Waals surface area (Å²) >= 11 is 7.02. The van der Waals surface area contributed by atoms with Crippen molar-refractivity contribution in [1.82, 2.24) is 0 Å². The molecular weight excluding hydrogens is 211 g/mol. The predicted octanol–water partition coefficient (Wildman–Crippen LogP) is 3.51. The van der Waals surface area contributed by atoms with Gasteiger partial charge in [0.1, 0.15) is 5.82 Å². The summed E-state index contributed by atoms with van der Waals surface area (Å²) in [6.45, 7) is 0. The zero-order chi connectivity index (χ0) is 9.42. The third kappa shape index (κ3) is 1.45. The molecule has 0 aliphatic heterocycles. The molecular formula is C9H4ClFOS. The summed E-state index contributed by atoms with van der Waals surface area (Å²) in [6, 6.07) is 4.28. The largest absolute Gasteiger partial charge is 0.297 e. The van der Waals surface area contributed by atoms with Crippen LogP contribution in [0.25, 0.3) is 10.1 Å². The van der Waals surface area contributed by atoms with E-state index in [2.05, 4.69) is 0 Å². The first kappa shape index (κ1) is 8.66. The molecule has 2 rings (SSSR count). The maximum Gasteiger partial charge on any atom is 0.160 e. The Balaban J connectivity index is 2.82. The van der Waals surface area contributed by atoms with Gasteiger partial charge in [-0.15, -0.1) is 11.3 Å². The predicted molar refractivity (Wildman–Crippen MR) is 52.2 cm³/mol. The minimum absolute atomic E-state index is 0.347. The van der Waals surface area contributed by atoms with E-state index in [0.717, 1.165) is 11.7 Å². The Morgan fingerprint density at radius 2 is 2.15 bits per heavy atom. The Hall–Kier alpha value is -0.930. The molecule has 0 bridgehead atoms. The maximum absolute atomic E-state index is 12.8. The van der Waals surface area contributed by atoms with Crippen LogP contribution in [0.15, 0.2) is 18.2 Å². The summed E-state index contributed by atoms with van der Waals surface area (Å²) in [4.78, 5) is 11.0. The highest BCUT2D eigenvalue weighted by atomic mass is 35.5. The average molecular weight is 215 g/mol. The van der Waals surface area contributed by atoms with Crippen LogP contribution in [0.4, 0.5) is 4.39 Å². The van der Waals surface area contributed by atoms with Crippen LogP contribution in [0.3, 0.4) is 0 Å². The van der Waals surface area contributed by atoms with Gasteiger partial charge in [0.25, 0.3) is 0 Å². The number of halogens is 2. The van der Waals surface area contributed by atoms with Crippen molar-refractivity contribution >= 4 is 39.3 Å². The second-order valence-electron chi connectivity index (χ2n) is 2.57. The van der Waals surface area contributed by atoms with Crippen LogP contribution in [-0.4, -0.2) is 6.29 Å². The van der Waals surface area contributed by atoms with E-state index in [1.54, 1.807) is 6.07 Å². The van der Waals surface area contributed by atoms with Gasteiger partial charge in [-0.2, -0.15) is 0 Å². The lowest BCUT2D eigenvalue weighted by molar-refractivity contribution is 0.112. The zero-order valence-corrected chi connectivity index (χ0v) is 7.95. The van der Waals surface area contributed by atoms with Gasteiger partial charge in [-0.25, -0.2) is 4.39 Å². The molecule has 0 spiro atoms. The van der Waals surface area contributed by atoms with Gasteiger partial charge in [-0.05, 0) is 18.2 Å². The minimum atomic E-state index is -0.378. The van der Waals surface area contributed by atoms with Gasteiger partial charge < -0.3 is 0 Å². The molecule has 0 amide bonds. The lowest BCUT2D eigenvalue weighted by atomic mass is 10.2. The van der Waals surface area contributed by atoms with Crippen molar-refractivity contribution in [2.24, 2.45) is 0 Å². The number of thiophene rings is 1. The number of benzene rings is 1. The van der Waals surface area contributed by atoms with Crippen LogP contribution in [0.1, 0.15) is 9.67 Å². The Bertz CT molecular complexity index is 478. The normalized spacial score (nSPS) is 10.6. The smallest absolute Gasteiger partial charge is 0.160 e. The number of hydrogen-bond acceptors (Lipinski definition) is 2. The Morgan fingerprint density at radius 3 is 2.85 bits per heavy atom. The van der Waals surface area contributed by atoms with Crippen LogP contribution >= 0.6 is 22.9 Å². The molecule has 4 heteroatoms. The number of rotatable bonds is 1. The molecule has 1 heterocycles. The van der Waals surface area contributed by atoms with E-state index in [0.29, 0.717) is 14.6 Å². The molecule has 0 atom stereocenters. The van der Waals surface area contributed by atoms with Crippen molar-refractivity contribution in [3.05, 3.63) is 33.9 Å². The van der Waals surface area contributed by atoms with Crippen molar-refractivity contribution in [2.45, 2.75) is 0 Å². The first-order valence-electron chi connectivity index (χ1n) is 3.54. The third-order valence-electron chi connectivity index (χ3n) is 1.69. The maximum atomic E-state index is 12.8. The summed E-state index contributed by atoms with van der Waals surface area (Å²) in [5.74, 6) is -0.378. The fraction of sp³-hybridized carbons (Fsp3) is 0. The summed E-state index contributed by atoms with van der Waals surface area (Å²) in [5.41, 5.74) is 0. The molecule has 66 valence electrons. The molecule has 1 nitrogen and oxygen atoms in total. The fourth-order valence-corrected chi connectivity index (χ4v) is 2.39. The van der Waals surface area contributed by atoms with E-state index in [1.807, 2.05) is 0 Å². The molecule has 0 saturated heterocycles. The molecule has 0 saturated carbocycles. The Labute approximate surface area is 82.7 Å². The van der Waals surface area contributed by atoms with Crippen molar-refractivity contribution in [2.75, 3.05) is 0 Å². The van der Waals surface area contributed by atoms with E-state index in [9.17, 15) is 9.18 Å². The molecule has 13 heavy (non-hydrogen) atoms. The zero-order valence-electron chi connectivity index (χ0n) is 6.38. The topological polar surface area (TPSA) is 17.1 Å². The van der Waals surface area contributed by atoms with Gasteiger partial charge in [0.05, 0.1) is 9.90 Å². The SMILES string of the molecule is O=Cc1cc2c(Cl)cc(F)cc2s1. The fourth-order valence-electron chi connectivity index (χ4n) is 1.14. The summed E-state index contributed by atoms with van der Waals surface area (Å²) < 4.78 is 13.5. The first-order chi connectivity index (χ1) is 6.20. The summed E-state index contributed by atoms with van der Waals surface area (Å²) in [5, 5.41) is 1.08. The van der Waals surface area contributed by atoms with Gasteiger partial charge >= 0.3 is 0 Å². The number of carbonyl (C=O) groups is 1. The summed E-state index contributed by atoms with van der Waals surface area (Å²) in [6.07, 6.45) is 0.735. The van der Waals surface area contributed by atoms with Crippen molar-refractivity contribution in [3.63, 3.8) is 0 Å². The van der Waals surface area contributed by atoms with Crippen LogP contribution in [0, 0.1) is 5.82 Å². The first-order valence-corrected chi connectivity index (χ1v) is 4.74. The molecule has 0 fully saturated rings. The van der Waals surface area contributed by atoms with Crippen molar-refractivity contribution in [3.8, 4) is 0 Å². The molecule has 1 aromatic carbocycles.